The summed E-state index contributed by atoms with van der Waals surface area (Å²) in [5, 5.41) is 47.6. The monoisotopic (exact) mass is 632 g/mol. The van der Waals surface area contributed by atoms with Crippen molar-refractivity contribution < 1.29 is 29.6 Å². The predicted molar refractivity (Wildman–Crippen MR) is 173 cm³/mol. The number of benzene rings is 3. The van der Waals surface area contributed by atoms with Crippen LogP contribution in [-0.2, 0) is 22.6 Å². The lowest BCUT2D eigenvalue weighted by Gasteiger charge is -2.39. The number of hydrogen-bond acceptors (Lipinski definition) is 10. The first-order valence-electron chi connectivity index (χ1n) is 15.6. The molecule has 1 aliphatic carbocycles. The minimum atomic E-state index is -0.685. The number of non-ortho nitro benzene ring substituents is 2. The number of anilines is 2. The van der Waals surface area contributed by atoms with Gasteiger partial charge in [0.25, 0.3) is 11.4 Å². The van der Waals surface area contributed by atoms with Crippen LogP contribution < -0.4 is 10.2 Å². The molecule has 1 aliphatic heterocycles. The summed E-state index contributed by atoms with van der Waals surface area (Å²) in [6.45, 7) is 7.06. The minimum Gasteiger partial charge on any atom is -0.508 e. The number of carbonyl (C=O) groups is 1. The Kier molecular flexibility index (Phi) is 9.76. The normalized spacial score (nSPS) is 21.3. The summed E-state index contributed by atoms with van der Waals surface area (Å²) in [5.41, 5.74) is 2.44. The van der Waals surface area contributed by atoms with Gasteiger partial charge in [-0.05, 0) is 66.5 Å². The van der Waals surface area contributed by atoms with Crippen LogP contribution in [0.2, 0.25) is 0 Å². The number of carbonyl (C=O) groups excluding carboxylic acids is 1. The first kappa shape index (κ1) is 32.7. The van der Waals surface area contributed by atoms with Crippen LogP contribution in [0, 0.1) is 38.0 Å². The van der Waals surface area contributed by atoms with Crippen LogP contribution in [0.4, 0.5) is 22.7 Å². The highest BCUT2D eigenvalue weighted by Gasteiger charge is 2.37. The summed E-state index contributed by atoms with van der Waals surface area (Å²) < 4.78 is 6.60. The number of aldehydes is 1. The van der Waals surface area contributed by atoms with E-state index in [2.05, 4.69) is 26.1 Å². The molecule has 0 bridgehead atoms. The molecule has 0 aromatic heterocycles. The Hall–Kier alpha value is -4.71. The molecule has 0 amide bonds. The average Bonchev–Trinajstić information content (AvgIpc) is 3.44. The van der Waals surface area contributed by atoms with Crippen molar-refractivity contribution in [2.75, 3.05) is 16.8 Å². The molecule has 3 aromatic rings. The summed E-state index contributed by atoms with van der Waals surface area (Å²) in [6.07, 6.45) is 3.26. The molecule has 5 unspecified atom stereocenters. The van der Waals surface area contributed by atoms with Gasteiger partial charge in [-0.25, -0.2) is 0 Å². The first-order valence-corrected chi connectivity index (χ1v) is 15.6. The van der Waals surface area contributed by atoms with E-state index in [1.165, 1.54) is 36.4 Å². The molecule has 0 radical (unpaired) electrons. The van der Waals surface area contributed by atoms with Gasteiger partial charge < -0.3 is 30.0 Å². The number of fused-ring (bicyclic) bond motifs is 1. The summed E-state index contributed by atoms with van der Waals surface area (Å²) in [7, 11) is 0. The van der Waals surface area contributed by atoms with Crippen LogP contribution in [0.1, 0.15) is 62.6 Å². The smallest absolute Gasteiger partial charge is 0.270 e. The number of hydrogen-bond donors (Lipinski definition) is 3. The molecule has 244 valence electrons. The van der Waals surface area contributed by atoms with Gasteiger partial charge in [0.1, 0.15) is 23.9 Å². The van der Waals surface area contributed by atoms with E-state index in [0.29, 0.717) is 30.0 Å². The molecule has 1 saturated carbocycles. The minimum absolute atomic E-state index is 0.0177. The zero-order chi connectivity index (χ0) is 33.1. The zero-order valence-corrected chi connectivity index (χ0v) is 26.2. The molecule has 2 aliphatic rings. The molecule has 1 heterocycles. The summed E-state index contributed by atoms with van der Waals surface area (Å²) >= 11 is 0. The number of nitro groups is 2. The van der Waals surface area contributed by atoms with Gasteiger partial charge in [0.15, 0.2) is 0 Å². The molecule has 5 rings (SSSR count). The second-order valence-corrected chi connectivity index (χ2v) is 12.9. The largest absolute Gasteiger partial charge is 0.508 e. The van der Waals surface area contributed by atoms with Gasteiger partial charge in [-0.3, -0.25) is 20.2 Å². The lowest BCUT2D eigenvalue weighted by Crippen LogP contribution is -2.39. The molecular weight excluding hydrogens is 592 g/mol. The Morgan fingerprint density at radius 3 is 2.11 bits per heavy atom. The fourth-order valence-electron chi connectivity index (χ4n) is 6.81. The highest BCUT2D eigenvalue weighted by Crippen LogP contribution is 2.41. The maximum atomic E-state index is 12.6. The quantitative estimate of drug-likeness (QED) is 0.111. The van der Waals surface area contributed by atoms with E-state index in [1.807, 2.05) is 18.2 Å². The van der Waals surface area contributed by atoms with Crippen molar-refractivity contribution in [3.05, 3.63) is 91.5 Å². The molecule has 12 heteroatoms. The maximum Gasteiger partial charge on any atom is 0.270 e. The second kappa shape index (κ2) is 13.7. The van der Waals surface area contributed by atoms with Crippen LogP contribution in [-0.4, -0.2) is 45.1 Å². The third kappa shape index (κ3) is 7.07. The number of nitro benzene ring substituents is 2. The second-order valence-electron chi connectivity index (χ2n) is 12.9. The van der Waals surface area contributed by atoms with E-state index in [-0.39, 0.29) is 59.1 Å². The van der Waals surface area contributed by atoms with Gasteiger partial charge in [-0.1, -0.05) is 27.2 Å². The molecule has 0 saturated heterocycles. The number of ether oxygens (including phenoxy) is 1. The number of phenolic OH excluding ortho intramolecular Hbond substituents is 2. The molecule has 0 spiro atoms. The average molecular weight is 633 g/mol. The Labute approximate surface area is 267 Å². The molecular formula is C34H40N4O8. The van der Waals surface area contributed by atoms with Crippen molar-refractivity contribution in [1.29, 1.82) is 0 Å². The third-order valence-corrected chi connectivity index (χ3v) is 9.41. The number of nitrogens with zero attached hydrogens (tertiary/aromatic N) is 3. The molecule has 12 nitrogen and oxygen atoms in total. The van der Waals surface area contributed by atoms with E-state index < -0.39 is 16.0 Å². The molecule has 5 atom stereocenters. The van der Waals surface area contributed by atoms with Gasteiger partial charge in [-0.15, -0.1) is 0 Å². The van der Waals surface area contributed by atoms with Crippen molar-refractivity contribution in [1.82, 2.24) is 0 Å². The fraction of sp³-hybridized carbons (Fsp3) is 0.441. The maximum absolute atomic E-state index is 12.6. The fourth-order valence-corrected chi connectivity index (χ4v) is 6.81. The third-order valence-electron chi connectivity index (χ3n) is 9.41. The Morgan fingerprint density at radius 1 is 0.957 bits per heavy atom. The SMILES string of the molecule is CC1CCC(C(C)C)C(OC(C=O)C2CNc3ccc(N(Cc4cc([N+](=O)[O-])ccc4O)Cc4cc([N+](=O)[O-])ccc4O)cc32)C1. The van der Waals surface area contributed by atoms with Gasteiger partial charge in [0, 0.05) is 72.3 Å². The van der Waals surface area contributed by atoms with Gasteiger partial charge in [-0.2, -0.15) is 0 Å². The lowest BCUT2D eigenvalue weighted by atomic mass is 9.75. The van der Waals surface area contributed by atoms with Crippen molar-refractivity contribution in [3.8, 4) is 11.5 Å². The number of aromatic hydroxyl groups is 2. The lowest BCUT2D eigenvalue weighted by molar-refractivity contribution is -0.385. The van der Waals surface area contributed by atoms with Crippen molar-refractivity contribution in [2.45, 2.75) is 71.2 Å². The van der Waals surface area contributed by atoms with E-state index in [9.17, 15) is 35.2 Å². The highest BCUT2D eigenvalue weighted by molar-refractivity contribution is 5.69. The van der Waals surface area contributed by atoms with Crippen molar-refractivity contribution >= 4 is 29.0 Å². The number of rotatable bonds is 12. The van der Waals surface area contributed by atoms with Crippen LogP contribution in [0.15, 0.2) is 54.6 Å². The molecule has 3 aromatic carbocycles. The Bertz CT molecular complexity index is 1550. The predicted octanol–water partition coefficient (Wildman–Crippen LogP) is 6.68. The highest BCUT2D eigenvalue weighted by atomic mass is 16.6. The van der Waals surface area contributed by atoms with Crippen LogP contribution >= 0.6 is 0 Å². The van der Waals surface area contributed by atoms with E-state index in [0.717, 1.165) is 36.8 Å². The first-order chi connectivity index (χ1) is 21.9. The summed E-state index contributed by atoms with van der Waals surface area (Å²) in [6, 6.07) is 13.1. The standard InChI is InChI=1S/C34H40N4O8/c1-20(2)27-8-4-21(3)12-33(27)46-34(19-39)29-16-35-30-9-5-24(15-28(29)30)36(17-22-13-25(37(42)43)6-10-31(22)40)18-23-14-26(38(44)45)7-11-32(23)41/h5-7,9-11,13-15,19-21,27,29,33-35,40-41H,4,8,12,16-18H2,1-3H3. The van der Waals surface area contributed by atoms with E-state index in [1.54, 1.807) is 4.90 Å². The van der Waals surface area contributed by atoms with Crippen LogP contribution in [0.25, 0.3) is 0 Å². The Balaban J connectivity index is 1.50. The van der Waals surface area contributed by atoms with Crippen molar-refractivity contribution in [3.63, 3.8) is 0 Å². The summed E-state index contributed by atoms with van der Waals surface area (Å²) in [5.74, 6) is 0.702. The number of nitrogens with one attached hydrogen (secondary N) is 1. The van der Waals surface area contributed by atoms with Gasteiger partial charge in [0.05, 0.1) is 16.0 Å². The van der Waals surface area contributed by atoms with Crippen LogP contribution in [0.3, 0.4) is 0 Å². The van der Waals surface area contributed by atoms with Crippen LogP contribution in [0.5, 0.6) is 11.5 Å². The molecule has 1 fully saturated rings. The number of phenols is 2. The molecule has 3 N–H and O–H groups in total. The van der Waals surface area contributed by atoms with E-state index >= 15 is 0 Å². The summed E-state index contributed by atoms with van der Waals surface area (Å²) in [4.78, 5) is 36.2. The van der Waals surface area contributed by atoms with E-state index in [4.69, 9.17) is 4.74 Å². The Morgan fingerprint density at radius 2 is 1.57 bits per heavy atom. The van der Waals surface area contributed by atoms with Gasteiger partial charge >= 0.3 is 0 Å². The molecule has 46 heavy (non-hydrogen) atoms. The zero-order valence-electron chi connectivity index (χ0n) is 26.2. The van der Waals surface area contributed by atoms with Crippen molar-refractivity contribution in [2.24, 2.45) is 17.8 Å². The van der Waals surface area contributed by atoms with Gasteiger partial charge in [0.2, 0.25) is 0 Å². The topological polar surface area (TPSA) is 168 Å².